The van der Waals surface area contributed by atoms with Crippen molar-refractivity contribution in [2.24, 2.45) is 4.99 Å². The van der Waals surface area contributed by atoms with Crippen LogP contribution in [-0.4, -0.2) is 34.1 Å². The van der Waals surface area contributed by atoms with Crippen LogP contribution in [0, 0.1) is 0 Å². The second kappa shape index (κ2) is 16.3. The SMILES string of the molecule is Nc1cc(C(=NC(=O)OCc2ccccc2)NC(=O)OCc2ccccc2)ccc1Oc1ccc2nc(OC(=O)NCc3ccccc3)[nH]c2c1. The maximum absolute atomic E-state index is 12.8. The lowest BCUT2D eigenvalue weighted by molar-refractivity contribution is 0.144. The molecule has 0 aliphatic rings. The molecule has 1 heterocycles. The Bertz CT molecular complexity index is 2160. The number of hydrogen-bond donors (Lipinski definition) is 4. The van der Waals surface area contributed by atoms with Crippen molar-refractivity contribution in [2.75, 3.05) is 5.73 Å². The minimum absolute atomic E-state index is 0.00305. The minimum atomic E-state index is -0.930. The standard InChI is InChI=1S/C38H32N6O7/c39-30-20-28(34(43-37(46)48-23-26-12-6-2-7-13-26)44-38(47)49-24-27-14-8-3-9-15-27)16-19-33(30)50-29-17-18-31-32(21-29)42-35(41-31)51-36(45)40-22-25-10-4-1-5-11-25/h1-21H,22-24,39H2,(H,40,45)(H,41,42)(H,43,44,46,47). The van der Waals surface area contributed by atoms with Crippen LogP contribution in [0.25, 0.3) is 11.0 Å². The second-order valence-electron chi connectivity index (χ2n) is 11.0. The van der Waals surface area contributed by atoms with E-state index in [1.165, 1.54) is 6.07 Å². The Kier molecular flexibility index (Phi) is 10.8. The molecule has 0 fully saturated rings. The zero-order valence-electron chi connectivity index (χ0n) is 27.1. The lowest BCUT2D eigenvalue weighted by atomic mass is 10.1. The van der Waals surface area contributed by atoms with E-state index in [1.54, 1.807) is 42.5 Å². The number of benzene rings is 5. The molecule has 0 aliphatic carbocycles. The summed E-state index contributed by atoms with van der Waals surface area (Å²) in [5, 5.41) is 5.20. The average Bonchev–Trinajstić information content (AvgIpc) is 3.55. The van der Waals surface area contributed by atoms with Gasteiger partial charge in [-0.05, 0) is 47.0 Å². The first kappa shape index (κ1) is 33.7. The zero-order chi connectivity index (χ0) is 35.4. The summed E-state index contributed by atoms with van der Waals surface area (Å²) in [6.45, 7) is 0.293. The van der Waals surface area contributed by atoms with Crippen LogP contribution in [0.4, 0.5) is 20.1 Å². The summed E-state index contributed by atoms with van der Waals surface area (Å²) in [5.41, 5.74) is 10.4. The van der Waals surface area contributed by atoms with Crippen LogP contribution in [0.1, 0.15) is 22.3 Å². The summed E-state index contributed by atoms with van der Waals surface area (Å²) in [6.07, 6.45) is -2.42. The zero-order valence-corrected chi connectivity index (χ0v) is 27.1. The van der Waals surface area contributed by atoms with E-state index in [9.17, 15) is 14.4 Å². The van der Waals surface area contributed by atoms with Gasteiger partial charge in [-0.1, -0.05) is 91.0 Å². The Hall–Kier alpha value is -7.15. The molecule has 6 rings (SSSR count). The molecule has 0 radical (unpaired) electrons. The number of aromatic nitrogens is 2. The van der Waals surface area contributed by atoms with Gasteiger partial charge in [0.05, 0.1) is 16.7 Å². The van der Waals surface area contributed by atoms with Crippen molar-refractivity contribution in [1.82, 2.24) is 20.6 Å². The summed E-state index contributed by atoms with van der Waals surface area (Å²) in [4.78, 5) is 49.0. The number of nitrogens with two attached hydrogens (primary N) is 1. The molecule has 13 heteroatoms. The average molecular weight is 685 g/mol. The van der Waals surface area contributed by atoms with Gasteiger partial charge < -0.3 is 35.0 Å². The Morgan fingerprint density at radius 1 is 0.725 bits per heavy atom. The van der Waals surface area contributed by atoms with Crippen molar-refractivity contribution >= 4 is 40.8 Å². The van der Waals surface area contributed by atoms with Gasteiger partial charge in [0.2, 0.25) is 0 Å². The van der Waals surface area contributed by atoms with Gasteiger partial charge in [0.15, 0.2) is 0 Å². The number of carbonyl (C=O) groups is 3. The predicted octanol–water partition coefficient (Wildman–Crippen LogP) is 7.24. The summed E-state index contributed by atoms with van der Waals surface area (Å²) in [5.74, 6) is 0.558. The van der Waals surface area contributed by atoms with Crippen molar-refractivity contribution in [3.63, 3.8) is 0 Å². The molecule has 0 saturated heterocycles. The maximum Gasteiger partial charge on any atom is 0.435 e. The van der Waals surface area contributed by atoms with E-state index in [0.29, 0.717) is 28.9 Å². The molecule has 1 aromatic heterocycles. The molecule has 3 amide bonds. The molecule has 6 aromatic rings. The highest BCUT2D eigenvalue weighted by Crippen LogP contribution is 2.30. The topological polar surface area (TPSA) is 179 Å². The Labute approximate surface area is 292 Å². The van der Waals surface area contributed by atoms with E-state index in [1.807, 2.05) is 78.9 Å². The monoisotopic (exact) mass is 684 g/mol. The quantitative estimate of drug-likeness (QED) is 0.0658. The van der Waals surface area contributed by atoms with Crippen LogP contribution < -0.4 is 25.8 Å². The summed E-state index contributed by atoms with van der Waals surface area (Å²) < 4.78 is 22.0. The van der Waals surface area contributed by atoms with Gasteiger partial charge in [0, 0.05) is 18.2 Å². The number of aromatic amines is 1. The molecule has 0 aliphatic heterocycles. The van der Waals surface area contributed by atoms with Crippen molar-refractivity contribution in [3.05, 3.63) is 150 Å². The number of anilines is 1. The number of nitrogen functional groups attached to an aromatic ring is 1. The highest BCUT2D eigenvalue weighted by molar-refractivity contribution is 6.10. The first-order chi connectivity index (χ1) is 24.9. The minimum Gasteiger partial charge on any atom is -0.455 e. The van der Waals surface area contributed by atoms with Crippen molar-refractivity contribution in [2.45, 2.75) is 19.8 Å². The summed E-state index contributed by atoms with van der Waals surface area (Å²) in [7, 11) is 0. The fraction of sp³-hybridized carbons (Fsp3) is 0.0789. The van der Waals surface area contributed by atoms with E-state index in [4.69, 9.17) is 24.7 Å². The van der Waals surface area contributed by atoms with Crippen LogP contribution in [0.5, 0.6) is 17.5 Å². The smallest absolute Gasteiger partial charge is 0.435 e. The number of amidine groups is 1. The first-order valence-corrected chi connectivity index (χ1v) is 15.7. The Morgan fingerprint density at radius 3 is 2.04 bits per heavy atom. The number of hydrogen-bond acceptors (Lipinski definition) is 9. The van der Waals surface area contributed by atoms with Crippen LogP contribution in [-0.2, 0) is 29.2 Å². The number of ether oxygens (including phenoxy) is 4. The third kappa shape index (κ3) is 9.70. The number of nitrogens with zero attached hydrogens (tertiary/aromatic N) is 2. The van der Waals surface area contributed by atoms with Crippen molar-refractivity contribution in [3.8, 4) is 17.5 Å². The number of imidazole rings is 1. The normalized spacial score (nSPS) is 11.0. The van der Waals surface area contributed by atoms with Crippen LogP contribution in [0.3, 0.4) is 0 Å². The molecule has 5 aromatic carbocycles. The summed E-state index contributed by atoms with van der Waals surface area (Å²) >= 11 is 0. The largest absolute Gasteiger partial charge is 0.455 e. The van der Waals surface area contributed by atoms with Crippen LogP contribution >= 0.6 is 0 Å². The highest BCUT2D eigenvalue weighted by Gasteiger charge is 2.16. The number of H-pyrrole nitrogens is 1. The number of nitrogens with one attached hydrogen (secondary N) is 3. The lowest BCUT2D eigenvalue weighted by Crippen LogP contribution is -2.32. The van der Waals surface area contributed by atoms with Gasteiger partial charge in [-0.3, -0.25) is 5.32 Å². The molecule has 0 saturated carbocycles. The molecule has 5 N–H and O–H groups in total. The van der Waals surface area contributed by atoms with Crippen molar-refractivity contribution < 1.29 is 33.3 Å². The Morgan fingerprint density at radius 2 is 1.37 bits per heavy atom. The first-order valence-electron chi connectivity index (χ1n) is 15.7. The molecule has 0 unspecified atom stereocenters. The molecule has 256 valence electrons. The van der Waals surface area contributed by atoms with Gasteiger partial charge in [-0.15, -0.1) is 0 Å². The highest BCUT2D eigenvalue weighted by atomic mass is 16.6. The molecule has 0 spiro atoms. The van der Waals surface area contributed by atoms with Gasteiger partial charge in [-0.25, -0.2) is 14.4 Å². The number of fused-ring (bicyclic) bond motifs is 1. The van der Waals surface area contributed by atoms with E-state index in [2.05, 4.69) is 25.6 Å². The number of carbonyl (C=O) groups excluding carboxylic acids is 3. The summed E-state index contributed by atoms with van der Waals surface area (Å²) in [6, 6.07) is 37.3. The van der Waals surface area contributed by atoms with Gasteiger partial charge >= 0.3 is 24.3 Å². The fourth-order valence-corrected chi connectivity index (χ4v) is 4.75. The number of aliphatic imine (C=N–C) groups is 1. The van der Waals surface area contributed by atoms with Gasteiger partial charge in [0.25, 0.3) is 0 Å². The molecular weight excluding hydrogens is 652 g/mol. The third-order valence-electron chi connectivity index (χ3n) is 7.25. The molecule has 13 nitrogen and oxygen atoms in total. The van der Waals surface area contributed by atoms with Gasteiger partial charge in [0.1, 0.15) is 30.5 Å². The number of amides is 3. The third-order valence-corrected chi connectivity index (χ3v) is 7.25. The van der Waals surface area contributed by atoms with E-state index in [-0.39, 0.29) is 36.5 Å². The van der Waals surface area contributed by atoms with Crippen LogP contribution in [0.2, 0.25) is 0 Å². The van der Waals surface area contributed by atoms with Crippen molar-refractivity contribution in [1.29, 1.82) is 0 Å². The predicted molar refractivity (Wildman–Crippen MR) is 189 cm³/mol. The molecule has 0 bridgehead atoms. The van der Waals surface area contributed by atoms with E-state index < -0.39 is 18.3 Å². The van der Waals surface area contributed by atoms with Crippen LogP contribution in [0.15, 0.2) is 132 Å². The fourth-order valence-electron chi connectivity index (χ4n) is 4.75. The lowest BCUT2D eigenvalue weighted by Gasteiger charge is -2.13. The number of alkyl carbamates (subject to hydrolysis) is 1. The van der Waals surface area contributed by atoms with E-state index in [0.717, 1.165) is 16.7 Å². The maximum atomic E-state index is 12.8. The number of rotatable bonds is 10. The molecule has 0 atom stereocenters. The van der Waals surface area contributed by atoms with Gasteiger partial charge in [-0.2, -0.15) is 9.98 Å². The van der Waals surface area contributed by atoms with E-state index >= 15 is 0 Å². The molecular formula is C38H32N6O7. The second-order valence-corrected chi connectivity index (χ2v) is 11.0. The Balaban J connectivity index is 1.13. The molecule has 51 heavy (non-hydrogen) atoms.